The first-order valence-electron chi connectivity index (χ1n) is 12.2. The number of piperidine rings is 1. The van der Waals surface area contributed by atoms with E-state index in [0.717, 1.165) is 60.5 Å². The van der Waals surface area contributed by atoms with Crippen LogP contribution in [0.2, 0.25) is 0 Å². The number of benzene rings is 3. The number of nitrogens with one attached hydrogen (secondary N) is 1. The van der Waals surface area contributed by atoms with Gasteiger partial charge in [-0.25, -0.2) is 13.8 Å². The van der Waals surface area contributed by atoms with E-state index in [0.29, 0.717) is 5.56 Å². The van der Waals surface area contributed by atoms with E-state index in [-0.39, 0.29) is 17.4 Å². The standard InChI is InChI=1S/C29H30F2N4/c1-19-17-21(11-12-23(19)28(32)24-7-3-4-8-25(24)31)18-34-15-13-22(14-16-34)29-33-26-9-5-6-10-27(26)35(29)20(2)30/h3-12,17,20,22,32H,13-16,18H2,1-2H3. The molecule has 0 aliphatic carbocycles. The predicted octanol–water partition coefficient (Wildman–Crippen LogP) is 6.77. The molecule has 3 aromatic carbocycles. The van der Waals surface area contributed by atoms with Gasteiger partial charge in [-0.1, -0.05) is 42.5 Å². The summed E-state index contributed by atoms with van der Waals surface area (Å²) in [6.45, 7) is 6.20. The van der Waals surface area contributed by atoms with Crippen LogP contribution in [0.5, 0.6) is 0 Å². The van der Waals surface area contributed by atoms with Crippen LogP contribution in [0.1, 0.15) is 60.1 Å². The first-order chi connectivity index (χ1) is 16.9. The number of para-hydroxylation sites is 2. The lowest BCUT2D eigenvalue weighted by Crippen LogP contribution is -2.33. The second-order valence-corrected chi connectivity index (χ2v) is 9.46. The van der Waals surface area contributed by atoms with Crippen molar-refractivity contribution in [1.82, 2.24) is 14.5 Å². The van der Waals surface area contributed by atoms with Gasteiger partial charge in [0.1, 0.15) is 11.6 Å². The molecule has 35 heavy (non-hydrogen) atoms. The highest BCUT2D eigenvalue weighted by Gasteiger charge is 2.27. The third-order valence-electron chi connectivity index (χ3n) is 7.04. The molecule has 0 bridgehead atoms. The first-order valence-corrected chi connectivity index (χ1v) is 12.2. The molecule has 0 saturated carbocycles. The van der Waals surface area contributed by atoms with Gasteiger partial charge < -0.3 is 0 Å². The Labute approximate surface area is 204 Å². The number of aromatic nitrogens is 2. The van der Waals surface area contributed by atoms with Gasteiger partial charge in [-0.2, -0.15) is 0 Å². The summed E-state index contributed by atoms with van der Waals surface area (Å²) in [4.78, 5) is 7.21. The fraction of sp³-hybridized carbons (Fsp3) is 0.310. The van der Waals surface area contributed by atoms with Crippen LogP contribution in [0.25, 0.3) is 11.0 Å². The van der Waals surface area contributed by atoms with E-state index in [1.165, 1.54) is 11.6 Å². The molecule has 1 atom stereocenters. The Morgan fingerprint density at radius 1 is 1.03 bits per heavy atom. The number of halogens is 2. The van der Waals surface area contributed by atoms with E-state index < -0.39 is 6.30 Å². The maximum Gasteiger partial charge on any atom is 0.174 e. The van der Waals surface area contributed by atoms with Gasteiger partial charge in [0.25, 0.3) is 0 Å². The van der Waals surface area contributed by atoms with E-state index in [1.54, 1.807) is 29.7 Å². The smallest absolute Gasteiger partial charge is 0.174 e. The van der Waals surface area contributed by atoms with Crippen molar-refractivity contribution >= 4 is 16.7 Å². The van der Waals surface area contributed by atoms with Gasteiger partial charge in [0.05, 0.1) is 16.7 Å². The molecule has 0 amide bonds. The molecule has 1 saturated heterocycles. The summed E-state index contributed by atoms with van der Waals surface area (Å²) < 4.78 is 30.4. The summed E-state index contributed by atoms with van der Waals surface area (Å²) in [5.74, 6) is 0.717. The van der Waals surface area contributed by atoms with Crippen molar-refractivity contribution in [3.63, 3.8) is 0 Å². The molecule has 1 fully saturated rings. The molecule has 0 radical (unpaired) electrons. The Morgan fingerprint density at radius 2 is 1.74 bits per heavy atom. The van der Waals surface area contributed by atoms with Crippen LogP contribution < -0.4 is 0 Å². The van der Waals surface area contributed by atoms with Gasteiger partial charge in [0, 0.05) is 23.6 Å². The highest BCUT2D eigenvalue weighted by molar-refractivity contribution is 6.11. The summed E-state index contributed by atoms with van der Waals surface area (Å²) in [5.41, 5.74) is 5.13. The highest BCUT2D eigenvalue weighted by Crippen LogP contribution is 2.33. The molecular weight excluding hydrogens is 442 g/mol. The van der Waals surface area contributed by atoms with Crippen LogP contribution in [0.4, 0.5) is 8.78 Å². The lowest BCUT2D eigenvalue weighted by molar-refractivity contribution is 0.193. The number of hydrogen-bond donors (Lipinski definition) is 1. The number of hydrogen-bond acceptors (Lipinski definition) is 3. The third-order valence-corrected chi connectivity index (χ3v) is 7.04. The van der Waals surface area contributed by atoms with Crippen LogP contribution in [0.15, 0.2) is 66.7 Å². The van der Waals surface area contributed by atoms with Gasteiger partial charge in [-0.3, -0.25) is 14.9 Å². The van der Waals surface area contributed by atoms with Crippen LogP contribution in [0, 0.1) is 18.2 Å². The zero-order valence-electron chi connectivity index (χ0n) is 20.1. The minimum atomic E-state index is -1.11. The van der Waals surface area contributed by atoms with E-state index >= 15 is 0 Å². The van der Waals surface area contributed by atoms with Gasteiger partial charge in [-0.15, -0.1) is 0 Å². The molecule has 4 nitrogen and oxygen atoms in total. The van der Waals surface area contributed by atoms with E-state index in [2.05, 4.69) is 11.0 Å². The summed E-state index contributed by atoms with van der Waals surface area (Å²) in [6.07, 6.45) is 0.760. The minimum Gasteiger partial charge on any atom is -0.300 e. The Kier molecular flexibility index (Phi) is 6.48. The molecule has 1 unspecified atom stereocenters. The second-order valence-electron chi connectivity index (χ2n) is 9.46. The highest BCUT2D eigenvalue weighted by atomic mass is 19.1. The fourth-order valence-electron chi connectivity index (χ4n) is 5.25. The molecule has 4 aromatic rings. The zero-order chi connectivity index (χ0) is 24.5. The molecule has 6 heteroatoms. The largest absolute Gasteiger partial charge is 0.300 e. The van der Waals surface area contributed by atoms with Gasteiger partial charge in [0.2, 0.25) is 0 Å². The Morgan fingerprint density at radius 3 is 2.46 bits per heavy atom. The molecule has 5 rings (SSSR count). The monoisotopic (exact) mass is 472 g/mol. The number of nitrogens with zero attached hydrogens (tertiary/aromatic N) is 3. The topological polar surface area (TPSA) is 44.9 Å². The maximum atomic E-state index is 14.5. The Balaban J connectivity index is 1.26. The van der Waals surface area contributed by atoms with Gasteiger partial charge >= 0.3 is 0 Å². The van der Waals surface area contributed by atoms with Crippen LogP contribution in [-0.2, 0) is 6.54 Å². The van der Waals surface area contributed by atoms with Crippen LogP contribution in [-0.4, -0.2) is 33.3 Å². The second kappa shape index (κ2) is 9.70. The number of rotatable bonds is 6. The molecule has 1 aliphatic heterocycles. The van der Waals surface area contributed by atoms with Crippen molar-refractivity contribution in [2.24, 2.45) is 0 Å². The number of alkyl halides is 1. The van der Waals surface area contributed by atoms with Crippen molar-refractivity contribution in [2.45, 2.75) is 45.4 Å². The molecule has 1 aromatic heterocycles. The van der Waals surface area contributed by atoms with Crippen molar-refractivity contribution in [2.75, 3.05) is 13.1 Å². The third kappa shape index (κ3) is 4.63. The quantitative estimate of drug-likeness (QED) is 0.315. The SMILES string of the molecule is Cc1cc(CN2CCC(c3nc4ccccc4n3C(C)F)CC2)ccc1C(=N)c1ccccc1F. The number of fused-ring (bicyclic) bond motifs is 1. The fourth-order valence-corrected chi connectivity index (χ4v) is 5.25. The van der Waals surface area contributed by atoms with Crippen molar-refractivity contribution in [3.05, 3.63) is 101 Å². The number of likely N-dealkylation sites (tertiary alicyclic amines) is 1. The van der Waals surface area contributed by atoms with Crippen LogP contribution in [0.3, 0.4) is 0 Å². The summed E-state index contributed by atoms with van der Waals surface area (Å²) >= 11 is 0. The summed E-state index contributed by atoms with van der Waals surface area (Å²) in [5, 5.41) is 8.48. The molecule has 0 spiro atoms. The maximum absolute atomic E-state index is 14.5. The number of aryl methyl sites for hydroxylation is 1. The van der Waals surface area contributed by atoms with E-state index in [9.17, 15) is 8.78 Å². The van der Waals surface area contributed by atoms with Crippen LogP contribution >= 0.6 is 0 Å². The Hall–Kier alpha value is -3.38. The van der Waals surface area contributed by atoms with E-state index in [1.807, 2.05) is 43.3 Å². The predicted molar refractivity (Wildman–Crippen MR) is 136 cm³/mol. The molecule has 1 N–H and O–H groups in total. The normalized spacial score (nSPS) is 16.0. The van der Waals surface area contributed by atoms with Crippen molar-refractivity contribution in [1.29, 1.82) is 5.41 Å². The molecule has 180 valence electrons. The summed E-state index contributed by atoms with van der Waals surface area (Å²) in [7, 11) is 0. The Bertz CT molecular complexity index is 1370. The van der Waals surface area contributed by atoms with Gasteiger partial charge in [0.15, 0.2) is 6.30 Å². The molecular formula is C29H30F2N4. The molecule has 1 aliphatic rings. The average molecular weight is 473 g/mol. The molecule has 2 heterocycles. The van der Waals surface area contributed by atoms with E-state index in [4.69, 9.17) is 10.4 Å². The van der Waals surface area contributed by atoms with Gasteiger partial charge in [-0.05, 0) is 75.2 Å². The average Bonchev–Trinajstić information content (AvgIpc) is 3.24. The van der Waals surface area contributed by atoms with Crippen molar-refractivity contribution < 1.29 is 8.78 Å². The zero-order valence-corrected chi connectivity index (χ0v) is 20.1. The minimum absolute atomic E-state index is 0.206. The summed E-state index contributed by atoms with van der Waals surface area (Å²) in [6, 6.07) is 20.3. The van der Waals surface area contributed by atoms with Crippen molar-refractivity contribution in [3.8, 4) is 0 Å². The lowest BCUT2D eigenvalue weighted by Gasteiger charge is -2.32. The lowest BCUT2D eigenvalue weighted by atomic mass is 9.94. The number of imidazole rings is 1. The first kappa shape index (κ1) is 23.4.